The third-order valence-corrected chi connectivity index (χ3v) is 5.60. The Balaban J connectivity index is 3.18. The third kappa shape index (κ3) is 2.56. The van der Waals surface area contributed by atoms with E-state index in [1.54, 1.807) is 0 Å². The van der Waals surface area contributed by atoms with Crippen LogP contribution < -0.4 is 5.32 Å². The molecule has 3 heteroatoms. The van der Waals surface area contributed by atoms with Crippen molar-refractivity contribution in [2.75, 3.05) is 7.05 Å². The second-order valence-electron chi connectivity index (χ2n) is 3.09. The van der Waals surface area contributed by atoms with Gasteiger partial charge in [-0.25, -0.2) is 0 Å². The van der Waals surface area contributed by atoms with E-state index in [1.807, 2.05) is 7.05 Å². The summed E-state index contributed by atoms with van der Waals surface area (Å²) < 4.78 is 2.71. The Morgan fingerprint density at radius 3 is 2.46 bits per heavy atom. The SMILES string of the molecule is CNC(C)c1ccc(I)c(I)c1C. The van der Waals surface area contributed by atoms with Gasteiger partial charge in [0.2, 0.25) is 0 Å². The molecule has 13 heavy (non-hydrogen) atoms. The summed E-state index contributed by atoms with van der Waals surface area (Å²) in [5.41, 5.74) is 2.79. The monoisotopic (exact) mass is 401 g/mol. The van der Waals surface area contributed by atoms with E-state index >= 15 is 0 Å². The maximum Gasteiger partial charge on any atom is 0.0296 e. The molecule has 1 N–H and O–H groups in total. The second-order valence-corrected chi connectivity index (χ2v) is 5.33. The summed E-state index contributed by atoms with van der Waals surface area (Å²) in [4.78, 5) is 0. The highest BCUT2D eigenvalue weighted by atomic mass is 127. The van der Waals surface area contributed by atoms with Crippen molar-refractivity contribution in [2.45, 2.75) is 19.9 Å². The van der Waals surface area contributed by atoms with Gasteiger partial charge < -0.3 is 5.32 Å². The van der Waals surface area contributed by atoms with Crippen molar-refractivity contribution >= 4 is 45.2 Å². The molecule has 1 nitrogen and oxygen atoms in total. The third-order valence-electron chi connectivity index (χ3n) is 2.28. The van der Waals surface area contributed by atoms with Gasteiger partial charge in [0.1, 0.15) is 0 Å². The normalized spacial score (nSPS) is 13.0. The quantitative estimate of drug-likeness (QED) is 0.749. The van der Waals surface area contributed by atoms with Crippen molar-refractivity contribution in [3.63, 3.8) is 0 Å². The number of hydrogen-bond donors (Lipinski definition) is 1. The lowest BCUT2D eigenvalue weighted by Gasteiger charge is -2.15. The zero-order chi connectivity index (χ0) is 10.0. The van der Waals surface area contributed by atoms with E-state index in [1.165, 1.54) is 18.3 Å². The lowest BCUT2D eigenvalue weighted by molar-refractivity contribution is 0.647. The van der Waals surface area contributed by atoms with Gasteiger partial charge in [-0.1, -0.05) is 6.07 Å². The summed E-state index contributed by atoms with van der Waals surface area (Å²) >= 11 is 4.78. The minimum absolute atomic E-state index is 0.436. The van der Waals surface area contributed by atoms with Gasteiger partial charge in [0.15, 0.2) is 0 Å². The molecule has 0 bridgehead atoms. The first kappa shape index (κ1) is 11.7. The van der Waals surface area contributed by atoms with Gasteiger partial charge in [0.25, 0.3) is 0 Å². The van der Waals surface area contributed by atoms with E-state index in [2.05, 4.69) is 76.5 Å². The van der Waals surface area contributed by atoms with Gasteiger partial charge >= 0.3 is 0 Å². The fourth-order valence-corrected chi connectivity index (χ4v) is 2.37. The smallest absolute Gasteiger partial charge is 0.0296 e. The molecule has 0 saturated carbocycles. The summed E-state index contributed by atoms with van der Waals surface area (Å²) in [6.45, 7) is 4.37. The summed E-state index contributed by atoms with van der Waals surface area (Å²) in [6, 6.07) is 4.82. The molecule has 0 heterocycles. The molecule has 1 atom stereocenters. The minimum Gasteiger partial charge on any atom is -0.313 e. The van der Waals surface area contributed by atoms with E-state index in [9.17, 15) is 0 Å². The van der Waals surface area contributed by atoms with Gasteiger partial charge in [0.05, 0.1) is 0 Å². The molecule has 0 aliphatic heterocycles. The highest BCUT2D eigenvalue weighted by Gasteiger charge is 2.09. The van der Waals surface area contributed by atoms with Crippen LogP contribution in [0.2, 0.25) is 0 Å². The van der Waals surface area contributed by atoms with E-state index in [0.29, 0.717) is 6.04 Å². The molecule has 72 valence electrons. The van der Waals surface area contributed by atoms with Crippen molar-refractivity contribution in [3.8, 4) is 0 Å². The summed E-state index contributed by atoms with van der Waals surface area (Å²) in [5, 5.41) is 3.26. The zero-order valence-electron chi connectivity index (χ0n) is 7.99. The Kier molecular flexibility index (Phi) is 4.44. The molecule has 0 saturated heterocycles. The molecule has 0 radical (unpaired) electrons. The number of hydrogen-bond acceptors (Lipinski definition) is 1. The largest absolute Gasteiger partial charge is 0.313 e. The Bertz CT molecular complexity index is 310. The zero-order valence-corrected chi connectivity index (χ0v) is 12.3. The van der Waals surface area contributed by atoms with Crippen LogP contribution >= 0.6 is 45.2 Å². The predicted octanol–water partition coefficient (Wildman–Crippen LogP) is 3.48. The summed E-state index contributed by atoms with van der Waals surface area (Å²) in [5.74, 6) is 0. The molecule has 0 fully saturated rings. The van der Waals surface area contributed by atoms with E-state index in [-0.39, 0.29) is 0 Å². The lowest BCUT2D eigenvalue weighted by Crippen LogP contribution is -2.14. The highest BCUT2D eigenvalue weighted by Crippen LogP contribution is 2.25. The minimum atomic E-state index is 0.436. The van der Waals surface area contributed by atoms with Crippen LogP contribution in [0.5, 0.6) is 0 Å². The average Bonchev–Trinajstić information content (AvgIpc) is 2.13. The van der Waals surface area contributed by atoms with Crippen LogP contribution in [-0.2, 0) is 0 Å². The second kappa shape index (κ2) is 4.93. The molecular formula is C10H13I2N. The highest BCUT2D eigenvalue weighted by molar-refractivity contribution is 14.1. The van der Waals surface area contributed by atoms with Crippen LogP contribution in [0.25, 0.3) is 0 Å². The maximum atomic E-state index is 3.26. The van der Waals surface area contributed by atoms with Crippen LogP contribution in [0.4, 0.5) is 0 Å². The fourth-order valence-electron chi connectivity index (χ4n) is 1.29. The predicted molar refractivity (Wildman–Crippen MR) is 74.1 cm³/mol. The maximum absolute atomic E-state index is 3.26. The van der Waals surface area contributed by atoms with E-state index in [4.69, 9.17) is 0 Å². The Morgan fingerprint density at radius 2 is 1.92 bits per heavy atom. The number of nitrogens with one attached hydrogen (secondary N) is 1. The van der Waals surface area contributed by atoms with Gasteiger partial charge in [0, 0.05) is 13.2 Å². The molecule has 0 aromatic heterocycles. The molecule has 1 unspecified atom stereocenters. The average molecular weight is 401 g/mol. The Hall–Kier alpha value is 0.640. The van der Waals surface area contributed by atoms with E-state index in [0.717, 1.165) is 0 Å². The molecule has 1 aromatic carbocycles. The van der Waals surface area contributed by atoms with Crippen molar-refractivity contribution in [2.24, 2.45) is 0 Å². The van der Waals surface area contributed by atoms with Crippen LogP contribution in [0.3, 0.4) is 0 Å². The van der Waals surface area contributed by atoms with Gasteiger partial charge in [-0.2, -0.15) is 0 Å². The lowest BCUT2D eigenvalue weighted by atomic mass is 10.0. The molecule has 0 amide bonds. The number of benzene rings is 1. The Morgan fingerprint density at radius 1 is 1.31 bits per heavy atom. The summed E-state index contributed by atoms with van der Waals surface area (Å²) in [7, 11) is 1.99. The molecular weight excluding hydrogens is 388 g/mol. The fraction of sp³-hybridized carbons (Fsp3) is 0.400. The van der Waals surface area contributed by atoms with Crippen molar-refractivity contribution < 1.29 is 0 Å². The van der Waals surface area contributed by atoms with E-state index < -0.39 is 0 Å². The molecule has 1 rings (SSSR count). The van der Waals surface area contributed by atoms with Crippen molar-refractivity contribution in [1.82, 2.24) is 5.32 Å². The van der Waals surface area contributed by atoms with Crippen molar-refractivity contribution in [1.29, 1.82) is 0 Å². The molecule has 0 aliphatic carbocycles. The van der Waals surface area contributed by atoms with Gasteiger partial charge in [-0.15, -0.1) is 0 Å². The summed E-state index contributed by atoms with van der Waals surface area (Å²) in [6.07, 6.45) is 0. The first-order valence-corrected chi connectivity index (χ1v) is 6.35. The van der Waals surface area contributed by atoms with Crippen LogP contribution in [-0.4, -0.2) is 7.05 Å². The topological polar surface area (TPSA) is 12.0 Å². The molecule has 0 spiro atoms. The van der Waals surface area contributed by atoms with Gasteiger partial charge in [-0.05, 0) is 83.3 Å². The molecule has 0 aliphatic rings. The standard InChI is InChI=1S/C10H13I2N/c1-6-8(7(2)13-3)4-5-9(11)10(6)12/h4-5,7,13H,1-3H3. The first-order valence-electron chi connectivity index (χ1n) is 4.19. The molecule has 1 aromatic rings. The van der Waals surface area contributed by atoms with Gasteiger partial charge in [-0.3, -0.25) is 0 Å². The van der Waals surface area contributed by atoms with Crippen molar-refractivity contribution in [3.05, 3.63) is 30.4 Å². The number of halogens is 2. The van der Waals surface area contributed by atoms with Crippen LogP contribution in [0, 0.1) is 14.1 Å². The van der Waals surface area contributed by atoms with Crippen LogP contribution in [0.15, 0.2) is 12.1 Å². The number of rotatable bonds is 2. The Labute approximate surface area is 107 Å². The first-order chi connectivity index (χ1) is 6.07. The van der Waals surface area contributed by atoms with Crippen LogP contribution in [0.1, 0.15) is 24.1 Å².